The van der Waals surface area contributed by atoms with E-state index in [1.54, 1.807) is 62.3 Å². The normalized spacial score (nSPS) is 15.8. The molecular weight excluding hydrogens is 1590 g/mol. The predicted octanol–water partition coefficient (Wildman–Crippen LogP) is -4.52. The first-order valence-corrected chi connectivity index (χ1v) is 41.0. The lowest BCUT2D eigenvalue weighted by Crippen LogP contribution is -2.66. The summed E-state index contributed by atoms with van der Waals surface area (Å²) in [5.41, 5.74) is -3.27. The Hall–Kier alpha value is -10.7. The maximum absolute atomic E-state index is 14.5. The van der Waals surface area contributed by atoms with Crippen LogP contribution in [0.2, 0.25) is 0 Å². The lowest BCUT2D eigenvalue weighted by Gasteiger charge is -2.37. The van der Waals surface area contributed by atoms with Crippen molar-refractivity contribution in [2.45, 2.75) is 336 Å². The maximum Gasteiger partial charge on any atom is 0.248 e. The van der Waals surface area contributed by atoms with Crippen molar-refractivity contribution in [3.05, 3.63) is 0 Å². The smallest absolute Gasteiger partial charge is 0.248 e. The van der Waals surface area contributed by atoms with Gasteiger partial charge in [-0.3, -0.25) is 95.9 Å². The van der Waals surface area contributed by atoms with Crippen LogP contribution in [-0.2, 0) is 95.9 Å². The Balaban J connectivity index is 3.22. The predicted molar refractivity (Wildman–Crippen MR) is 447 cm³/mol. The highest BCUT2D eigenvalue weighted by Crippen LogP contribution is 2.25. The molecule has 0 aromatic carbocycles. The third kappa shape index (κ3) is 34.3. The van der Waals surface area contributed by atoms with E-state index in [-0.39, 0.29) is 62.8 Å². The topological polar surface area (TPSA) is 642 Å². The van der Waals surface area contributed by atoms with Crippen LogP contribution in [0.15, 0.2) is 0 Å². The molecule has 1 aliphatic rings. The number of carbonyl (C=O) groups excluding carboxylic acids is 20. The van der Waals surface area contributed by atoms with E-state index in [9.17, 15) is 106 Å². The molecule has 692 valence electrons. The molecule has 10 atom stereocenters. The molecule has 42 nitrogen and oxygen atoms in total. The molecule has 23 N–H and O–H groups in total. The minimum atomic E-state index is -1.90. The second kappa shape index (κ2) is 46.0. The van der Waals surface area contributed by atoms with Gasteiger partial charge in [-0.05, 0) is 179 Å². The second-order valence-corrected chi connectivity index (χ2v) is 36.6. The van der Waals surface area contributed by atoms with E-state index in [2.05, 4.69) is 90.4 Å². The quantitative estimate of drug-likeness (QED) is 0.0273. The zero-order valence-corrected chi connectivity index (χ0v) is 75.9. The number of aliphatic hydroxyl groups excluding tert-OH is 2. The highest BCUT2D eigenvalue weighted by molar-refractivity contribution is 6.04. The van der Waals surface area contributed by atoms with Crippen LogP contribution in [0.5, 0.6) is 0 Å². The third-order valence-electron chi connectivity index (χ3n) is 20.3. The Morgan fingerprint density at radius 2 is 0.787 bits per heavy atom. The number of aliphatic hydroxyl groups is 2. The van der Waals surface area contributed by atoms with E-state index < -0.39 is 255 Å². The van der Waals surface area contributed by atoms with Crippen LogP contribution in [0, 0.1) is 23.7 Å². The molecule has 1 rings (SSSR count). The monoisotopic (exact) mass is 1730 g/mol. The molecule has 0 aliphatic carbocycles. The van der Waals surface area contributed by atoms with Gasteiger partial charge in [-0.25, -0.2) is 0 Å². The Bertz CT molecular complexity index is 3830. The van der Waals surface area contributed by atoms with Gasteiger partial charge in [-0.15, -0.1) is 0 Å². The fourth-order valence-corrected chi connectivity index (χ4v) is 12.2. The van der Waals surface area contributed by atoms with Crippen molar-refractivity contribution >= 4 is 118 Å². The number of amides is 20. The fraction of sp³-hybridized carbons (Fsp3) is 0.750. The first-order chi connectivity index (χ1) is 55.6. The van der Waals surface area contributed by atoms with Gasteiger partial charge in [-0.2, -0.15) is 0 Å². The van der Waals surface area contributed by atoms with Crippen molar-refractivity contribution in [1.29, 1.82) is 0 Å². The molecule has 122 heavy (non-hydrogen) atoms. The van der Waals surface area contributed by atoms with Gasteiger partial charge in [0.15, 0.2) is 0 Å². The first-order valence-electron chi connectivity index (χ1n) is 41.0. The van der Waals surface area contributed by atoms with Gasteiger partial charge in [0.2, 0.25) is 118 Å². The number of likely N-dealkylation sites (tertiary alicyclic amines) is 1. The van der Waals surface area contributed by atoms with Crippen molar-refractivity contribution in [3.8, 4) is 0 Å². The summed E-state index contributed by atoms with van der Waals surface area (Å²) in [6.45, 7) is 35.6. The number of nitrogens with two attached hydrogens (primary N) is 2. The van der Waals surface area contributed by atoms with Gasteiger partial charge < -0.3 is 117 Å². The van der Waals surface area contributed by atoms with Crippen LogP contribution in [0.25, 0.3) is 0 Å². The van der Waals surface area contributed by atoms with Gasteiger partial charge in [0, 0.05) is 26.3 Å². The first kappa shape index (κ1) is 109. The molecule has 0 saturated carbocycles. The maximum atomic E-state index is 14.5. The Morgan fingerprint density at radius 1 is 0.393 bits per heavy atom. The van der Waals surface area contributed by atoms with Gasteiger partial charge in [-0.1, -0.05) is 62.3 Å². The summed E-state index contributed by atoms with van der Waals surface area (Å²) >= 11 is 0. The summed E-state index contributed by atoms with van der Waals surface area (Å²) in [7, 11) is 0. The number of hydrogen-bond acceptors (Lipinski definition) is 22. The Labute approximate surface area is 714 Å². The van der Waals surface area contributed by atoms with Gasteiger partial charge in [0.1, 0.15) is 92.6 Å². The molecule has 0 bridgehead atoms. The average molecular weight is 1730 g/mol. The molecule has 20 amide bonds. The molecule has 0 spiro atoms. The number of hydrogen-bond donors (Lipinski definition) is 21. The summed E-state index contributed by atoms with van der Waals surface area (Å²) in [6, 6.07) is -11.7. The minimum Gasteiger partial charge on any atom is -0.394 e. The number of primary amides is 2. The minimum absolute atomic E-state index is 0.00152. The lowest BCUT2D eigenvalue weighted by molar-refractivity contribution is -0.146. The molecule has 0 unspecified atom stereocenters. The number of nitrogens with one attached hydrogen (secondary N) is 17. The Morgan fingerprint density at radius 3 is 1.21 bits per heavy atom. The fourth-order valence-electron chi connectivity index (χ4n) is 12.2. The molecule has 0 aromatic rings. The standard InChI is InChI=1S/C80H140N20O22/c1-27-80(26,71(121)99-79(24,25)72(122)100-34-28-29-52(100)63(113)86-49(36-41(4)5)62(112)96-78(22,23)70(120)98-77(20,21)68(118)88-46(30-32-53(81)104)58(108)87-50(38-101)42(6)7)93-55(106)37-83-65(115)73(12,13)97-64(114)56(43(8)9)91-69(119)76(18,19)94-60(110)47(31-33-54(82)105)89-67(117)75(16,17)95-61(111)48(35-40(2)3)85-57(107)44(10)84-59(109)51(39-102)90-66(116)74(14,15)92-45(11)103/h40-44,46-52,56,101-102H,27-39H2,1-26H3,(H2,81,104)(H2,82,105)(H,83,115)(H,84,109)(H,85,107)(H,86,113)(H,87,108)(H,88,118)(H,89,117)(H,90,116)(H,91,119)(H,92,103)(H,93,106)(H,94,110)(H,95,111)(H,96,112)(H,97,114)(H,98,120)(H,99,121)/t44-,46-,47-,48-,49-,50+,51-,52-,56-,80+/m0/s1. The van der Waals surface area contributed by atoms with E-state index in [0.717, 1.165) is 0 Å². The van der Waals surface area contributed by atoms with Crippen LogP contribution in [-0.4, -0.2) is 258 Å². The van der Waals surface area contributed by atoms with Gasteiger partial charge >= 0.3 is 0 Å². The second-order valence-electron chi connectivity index (χ2n) is 36.6. The number of carbonyl (C=O) groups is 20. The third-order valence-corrected chi connectivity index (χ3v) is 20.3. The number of rotatable bonds is 49. The van der Waals surface area contributed by atoms with Crippen LogP contribution in [0.4, 0.5) is 0 Å². The van der Waals surface area contributed by atoms with Crippen LogP contribution < -0.4 is 102 Å². The van der Waals surface area contributed by atoms with E-state index in [1.807, 2.05) is 0 Å². The molecule has 1 saturated heterocycles. The lowest BCUT2D eigenvalue weighted by atomic mass is 9.94. The zero-order valence-electron chi connectivity index (χ0n) is 75.9. The largest absolute Gasteiger partial charge is 0.394 e. The van der Waals surface area contributed by atoms with Crippen molar-refractivity contribution in [2.75, 3.05) is 26.3 Å². The summed E-state index contributed by atoms with van der Waals surface area (Å²) in [5.74, 6) is -18.2. The van der Waals surface area contributed by atoms with E-state index >= 15 is 0 Å². The summed E-state index contributed by atoms with van der Waals surface area (Å²) in [5, 5.41) is 62.9. The Kier molecular flexibility index (Phi) is 41.2. The van der Waals surface area contributed by atoms with E-state index in [1.165, 1.54) is 123 Å². The zero-order chi connectivity index (χ0) is 94.8. The van der Waals surface area contributed by atoms with Crippen LogP contribution in [0.1, 0.15) is 238 Å². The SMILES string of the molecule is CC[C@@](C)(NC(=O)CNC(=O)C(C)(C)NC(=O)[C@@H](NC(=O)C(C)(C)NC(=O)[C@H](CCC(N)=O)NC(=O)C(C)(C)NC(=O)[C@H](CC(C)C)NC(=O)[C@H](C)NC(=O)[C@H](CO)NC(=O)C(C)(C)NC(C)=O)C(C)C)C(=O)NC(C)(C)C(=O)N1CCC[C@H]1C(=O)N[C@@H](CC(C)C)C(=O)NC(C)(C)C(=O)NC(C)(C)C(=O)N[C@@H](CCC(N)=O)C(=O)N[C@H](CO)C(C)C. The number of nitrogens with zero attached hydrogens (tertiary/aromatic N) is 1. The molecule has 0 radical (unpaired) electrons. The highest BCUT2D eigenvalue weighted by Gasteiger charge is 2.48. The van der Waals surface area contributed by atoms with Crippen molar-refractivity contribution in [3.63, 3.8) is 0 Å². The summed E-state index contributed by atoms with van der Waals surface area (Å²) in [6.07, 6.45) is -0.889. The van der Waals surface area contributed by atoms with Crippen molar-refractivity contribution in [2.24, 2.45) is 35.1 Å². The molecule has 1 aliphatic heterocycles. The molecule has 42 heteroatoms. The van der Waals surface area contributed by atoms with Crippen LogP contribution in [0.3, 0.4) is 0 Å². The van der Waals surface area contributed by atoms with Gasteiger partial charge in [0.05, 0.1) is 25.8 Å². The molecule has 0 aromatic heterocycles. The van der Waals surface area contributed by atoms with E-state index in [0.29, 0.717) is 6.42 Å². The van der Waals surface area contributed by atoms with Crippen molar-refractivity contribution in [1.82, 2.24) is 95.3 Å². The molecule has 1 fully saturated rings. The molecule has 1 heterocycles. The summed E-state index contributed by atoms with van der Waals surface area (Å²) in [4.78, 5) is 272. The van der Waals surface area contributed by atoms with Crippen LogP contribution >= 0.6 is 0 Å². The molecular formula is C80H140N20O22. The van der Waals surface area contributed by atoms with Crippen molar-refractivity contribution < 1.29 is 106 Å². The van der Waals surface area contributed by atoms with E-state index in [4.69, 9.17) is 11.5 Å². The average Bonchev–Trinajstić information content (AvgIpc) is 1.47. The van der Waals surface area contributed by atoms with Gasteiger partial charge in [0.25, 0.3) is 0 Å². The summed E-state index contributed by atoms with van der Waals surface area (Å²) < 4.78 is 0. The highest BCUT2D eigenvalue weighted by atomic mass is 16.3.